The molecule has 16 nitrogen and oxygen atoms in total. The summed E-state index contributed by atoms with van der Waals surface area (Å²) in [7, 11) is 1.89. The number of carbonyl (C=O) groups is 4. The Morgan fingerprint density at radius 3 is 2.80 bits per heavy atom. The van der Waals surface area contributed by atoms with E-state index in [1.54, 1.807) is 0 Å². The van der Waals surface area contributed by atoms with Gasteiger partial charge in [-0.1, -0.05) is 28.1 Å². The fourth-order valence-electron chi connectivity index (χ4n) is 5.11. The molecule has 2 aliphatic heterocycles. The number of carboxylic acids is 2. The van der Waals surface area contributed by atoms with E-state index in [2.05, 4.69) is 25.3 Å². The lowest BCUT2D eigenvalue weighted by Crippen LogP contribution is -2.71. The number of carboxylic acid groups (broad SMARTS) is 2. The lowest BCUT2D eigenvalue weighted by molar-refractivity contribution is -0.663. The van der Waals surface area contributed by atoms with Crippen molar-refractivity contribution in [3.8, 4) is 0 Å². The molecule has 0 bridgehead atoms. The van der Waals surface area contributed by atoms with Gasteiger partial charge in [-0.15, -0.1) is 11.8 Å². The number of fused-ring (bicyclic) bond motifs is 2. The molecule has 0 saturated carbocycles. The number of thioether (sulfide) groups is 1. The lowest BCUT2D eigenvalue weighted by Gasteiger charge is -2.50. The number of aliphatic hydroxyl groups excluding tert-OH is 1. The highest BCUT2D eigenvalue weighted by Crippen LogP contribution is 2.40. The quantitative estimate of drug-likeness (QED) is 0.0428. The number of aryl methyl sites for hydroxylation is 1. The Bertz CT molecular complexity index is 1760. The van der Waals surface area contributed by atoms with Crippen LogP contribution in [0.5, 0.6) is 0 Å². The van der Waals surface area contributed by atoms with Crippen LogP contribution in [0.25, 0.3) is 11.0 Å². The largest absolute Gasteiger partial charge is 0.543 e. The smallest absolute Gasteiger partial charge is 0.350 e. The van der Waals surface area contributed by atoms with Gasteiger partial charge in [0.05, 0.1) is 18.3 Å². The number of nitrogen functional groups attached to an aromatic ring is 1. The van der Waals surface area contributed by atoms with Gasteiger partial charge in [0.25, 0.3) is 11.8 Å². The van der Waals surface area contributed by atoms with Crippen LogP contribution in [0.3, 0.4) is 0 Å². The average Bonchev–Trinajstić information content (AvgIpc) is 3.59. The summed E-state index contributed by atoms with van der Waals surface area (Å²) in [6, 6.07) is 4.64. The Morgan fingerprint density at radius 2 is 2.15 bits per heavy atom. The van der Waals surface area contributed by atoms with Gasteiger partial charge in [0.15, 0.2) is 23.6 Å². The predicted octanol–water partition coefficient (Wildman–Crippen LogP) is -1.50. The minimum atomic E-state index is -1.80. The number of nitrogens with zero attached hydrogens (tertiary/aromatic N) is 5. The molecule has 3 atom stereocenters. The third-order valence-corrected chi connectivity index (χ3v) is 9.71. The Balaban J connectivity index is 1.37. The predicted molar refractivity (Wildman–Crippen MR) is 165 cm³/mol. The maximum absolute atomic E-state index is 13.3. The standard InChI is InChI=1S/C27H29ClN8O8S2/c1-30-6-3-8-34-9-5-15-14(34)4-2-7-35(15)10-13-12-45-24-19(23(39)36(24)20(13)26(42)43)31-22(38)18(17-21(28)46-27(29)32-17)33-44-16(11-37)25(40)41/h2,4-5,7,9,16,19,24,30,37H,3,6,8,10-12H2,1H3,(H4-,29,31,32,38,40,41,42,43)/b33-18-/t16-,19+,24+/m0/s1. The number of nitrogens with one attached hydrogen (secondary N) is 2. The van der Waals surface area contributed by atoms with Crippen LogP contribution < -0.4 is 26.0 Å². The molecule has 19 heteroatoms. The number of carbonyl (C=O) groups excluding carboxylic acids is 3. The molecule has 0 aromatic carbocycles. The molecule has 5 heterocycles. The summed E-state index contributed by atoms with van der Waals surface area (Å²) in [5, 5.41) is 39.2. The Hall–Kier alpha value is -4.23. The zero-order valence-corrected chi connectivity index (χ0v) is 26.6. The van der Waals surface area contributed by atoms with Crippen LogP contribution in [-0.4, -0.2) is 97.6 Å². The molecule has 1 saturated heterocycles. The summed E-state index contributed by atoms with van der Waals surface area (Å²) >= 11 is 8.22. The van der Waals surface area contributed by atoms with Gasteiger partial charge in [-0.05, 0) is 26.1 Å². The van der Waals surface area contributed by atoms with E-state index in [0.29, 0.717) is 5.57 Å². The zero-order chi connectivity index (χ0) is 33.1. The number of pyridine rings is 1. The van der Waals surface area contributed by atoms with Crippen LogP contribution in [0, 0.1) is 0 Å². The molecule has 46 heavy (non-hydrogen) atoms. The number of β-lactam (4-membered cyclic amide) rings is 1. The first kappa shape index (κ1) is 33.1. The number of hydrogen-bond acceptors (Lipinski definition) is 13. The number of nitrogens with two attached hydrogens (primary N) is 1. The monoisotopic (exact) mass is 692 g/mol. The van der Waals surface area contributed by atoms with Gasteiger partial charge >= 0.3 is 5.97 Å². The Kier molecular flexibility index (Phi) is 10.1. The number of hydrogen-bond donors (Lipinski definition) is 5. The van der Waals surface area contributed by atoms with Gasteiger partial charge in [-0.25, -0.2) is 9.78 Å². The van der Waals surface area contributed by atoms with Crippen molar-refractivity contribution in [3.63, 3.8) is 0 Å². The second-order valence-corrected chi connectivity index (χ2v) is 12.9. The minimum absolute atomic E-state index is 0.0265. The van der Waals surface area contributed by atoms with Gasteiger partial charge in [-0.2, -0.15) is 4.57 Å². The molecule has 244 valence electrons. The first-order chi connectivity index (χ1) is 22.0. The van der Waals surface area contributed by atoms with E-state index in [1.807, 2.05) is 42.2 Å². The second kappa shape index (κ2) is 14.0. The van der Waals surface area contributed by atoms with Gasteiger partial charge in [-0.3, -0.25) is 14.5 Å². The van der Waals surface area contributed by atoms with Crippen molar-refractivity contribution in [3.05, 3.63) is 51.9 Å². The number of aliphatic carboxylic acids is 2. The van der Waals surface area contributed by atoms with Crippen LogP contribution >= 0.6 is 34.7 Å². The van der Waals surface area contributed by atoms with Crippen LogP contribution in [0.15, 0.2) is 47.0 Å². The van der Waals surface area contributed by atoms with Crippen molar-refractivity contribution >= 4 is 80.3 Å². The van der Waals surface area contributed by atoms with Crippen LogP contribution in [0.1, 0.15) is 12.1 Å². The number of thiazole rings is 1. The number of oxime groups is 1. The Labute approximate surface area is 274 Å². The van der Waals surface area contributed by atoms with E-state index in [0.717, 1.165) is 46.8 Å². The second-order valence-electron chi connectivity index (χ2n) is 10.2. The van der Waals surface area contributed by atoms with Gasteiger partial charge < -0.3 is 45.9 Å². The summed E-state index contributed by atoms with van der Waals surface area (Å²) < 4.78 is 3.97. The van der Waals surface area contributed by atoms with Crippen LogP contribution in [0.4, 0.5) is 5.13 Å². The molecular formula is C27H29ClN8O8S2. The Morgan fingerprint density at radius 1 is 1.37 bits per heavy atom. The van der Waals surface area contributed by atoms with Crippen molar-refractivity contribution in [2.24, 2.45) is 5.16 Å². The van der Waals surface area contributed by atoms with E-state index in [-0.39, 0.29) is 33.2 Å². The van der Waals surface area contributed by atoms with Crippen molar-refractivity contribution in [1.82, 2.24) is 25.1 Å². The fourth-order valence-corrected chi connectivity index (χ4v) is 7.38. The molecule has 0 unspecified atom stereocenters. The number of anilines is 1. The molecule has 3 aromatic rings. The SMILES string of the molecule is CNCCCn1ccc2c1ccc[n+]2CC1=C(C(=O)[O-])N2C(=O)[C@@H](NC(=O)/C(=N\O[C@@H](CO)C(=O)O)c3nc(N)sc3Cl)[C@H]2SC1. The summed E-state index contributed by atoms with van der Waals surface area (Å²) in [6.07, 6.45) is 2.94. The van der Waals surface area contributed by atoms with E-state index in [9.17, 15) is 29.4 Å². The molecule has 0 aliphatic carbocycles. The summed E-state index contributed by atoms with van der Waals surface area (Å²) in [6.45, 7) is 0.902. The third kappa shape index (κ3) is 6.52. The number of aliphatic hydroxyl groups is 1. The normalized spacial score (nSPS) is 18.7. The van der Waals surface area contributed by atoms with E-state index in [1.165, 1.54) is 11.8 Å². The molecule has 1 fully saturated rings. The number of halogens is 1. The van der Waals surface area contributed by atoms with Gasteiger partial charge in [0.1, 0.15) is 27.0 Å². The molecule has 2 aliphatic rings. The lowest BCUT2D eigenvalue weighted by atomic mass is 10.0. The van der Waals surface area contributed by atoms with Crippen molar-refractivity contribution in [2.75, 3.05) is 31.7 Å². The van der Waals surface area contributed by atoms with E-state index in [4.69, 9.17) is 27.3 Å². The van der Waals surface area contributed by atoms with E-state index >= 15 is 0 Å². The van der Waals surface area contributed by atoms with Crippen molar-refractivity contribution in [2.45, 2.75) is 37.0 Å². The third-order valence-electron chi connectivity index (χ3n) is 7.28. The first-order valence-electron chi connectivity index (χ1n) is 13.9. The summed E-state index contributed by atoms with van der Waals surface area (Å²) in [5.41, 5.74) is 6.93. The molecule has 0 radical (unpaired) electrons. The molecular weight excluding hydrogens is 664 g/mol. The highest BCUT2D eigenvalue weighted by atomic mass is 35.5. The molecule has 5 rings (SSSR count). The average molecular weight is 693 g/mol. The van der Waals surface area contributed by atoms with Crippen molar-refractivity contribution < 1.29 is 43.9 Å². The molecule has 6 N–H and O–H groups in total. The summed E-state index contributed by atoms with van der Waals surface area (Å²) in [5.74, 6) is -4.57. The maximum Gasteiger partial charge on any atom is 0.350 e. The van der Waals surface area contributed by atoms with Crippen LogP contribution in [-0.2, 0) is 37.1 Å². The topological polar surface area (TPSA) is 228 Å². The van der Waals surface area contributed by atoms with Gasteiger partial charge in [0.2, 0.25) is 11.6 Å². The molecule has 3 aromatic heterocycles. The fraction of sp³-hybridized carbons (Fsp3) is 0.370. The molecule has 2 amide bonds. The first-order valence-corrected chi connectivity index (χ1v) is 16.1. The maximum atomic E-state index is 13.3. The number of aromatic nitrogens is 3. The van der Waals surface area contributed by atoms with Crippen molar-refractivity contribution in [1.29, 1.82) is 0 Å². The molecule has 0 spiro atoms. The van der Waals surface area contributed by atoms with Gasteiger partial charge in [0, 0.05) is 36.2 Å². The minimum Gasteiger partial charge on any atom is -0.543 e. The number of rotatable bonds is 14. The summed E-state index contributed by atoms with van der Waals surface area (Å²) in [4.78, 5) is 60.2. The highest BCUT2D eigenvalue weighted by molar-refractivity contribution is 8.00. The number of amides is 2. The van der Waals surface area contributed by atoms with E-state index < -0.39 is 53.6 Å². The van der Waals surface area contributed by atoms with Crippen LogP contribution in [0.2, 0.25) is 4.34 Å². The highest BCUT2D eigenvalue weighted by Gasteiger charge is 2.53. The zero-order valence-electron chi connectivity index (χ0n) is 24.2.